The zero-order chi connectivity index (χ0) is 18.1. The summed E-state index contributed by atoms with van der Waals surface area (Å²) in [6.07, 6.45) is 4.03. The van der Waals surface area contributed by atoms with E-state index in [2.05, 4.69) is 23.4 Å². The number of pyridine rings is 1. The Kier molecular flexibility index (Phi) is 4.64. The summed E-state index contributed by atoms with van der Waals surface area (Å²) in [5.74, 6) is 0.395. The monoisotopic (exact) mass is 354 g/mol. The second-order valence-corrected chi connectivity index (χ2v) is 6.88. The molecule has 0 aliphatic carbocycles. The van der Waals surface area contributed by atoms with E-state index in [4.69, 9.17) is 9.47 Å². The van der Waals surface area contributed by atoms with E-state index < -0.39 is 0 Å². The molecule has 3 heterocycles. The zero-order valence-corrected chi connectivity index (χ0v) is 15.2. The van der Waals surface area contributed by atoms with Crippen molar-refractivity contribution in [2.45, 2.75) is 39.3 Å². The Morgan fingerprint density at radius 2 is 2.19 bits per heavy atom. The maximum absolute atomic E-state index is 13.6. The Labute approximate surface area is 152 Å². The van der Waals surface area contributed by atoms with E-state index in [9.17, 15) is 4.39 Å². The summed E-state index contributed by atoms with van der Waals surface area (Å²) in [5.41, 5.74) is 4.21. The van der Waals surface area contributed by atoms with Gasteiger partial charge < -0.3 is 14.0 Å². The second kappa shape index (κ2) is 7.08. The van der Waals surface area contributed by atoms with E-state index in [-0.39, 0.29) is 11.9 Å². The van der Waals surface area contributed by atoms with Crippen LogP contribution in [0.1, 0.15) is 29.7 Å². The highest BCUT2D eigenvalue weighted by molar-refractivity contribution is 5.89. The first kappa shape index (κ1) is 17.0. The molecule has 1 fully saturated rings. The van der Waals surface area contributed by atoms with Crippen molar-refractivity contribution >= 4 is 10.9 Å². The molecule has 0 N–H and O–H groups in total. The van der Waals surface area contributed by atoms with Gasteiger partial charge in [0.05, 0.1) is 6.10 Å². The van der Waals surface area contributed by atoms with E-state index >= 15 is 0 Å². The number of aryl methyl sites for hydroxylation is 1. The topological polar surface area (TPSA) is 36.3 Å². The lowest BCUT2D eigenvalue weighted by atomic mass is 10.2. The van der Waals surface area contributed by atoms with Gasteiger partial charge in [-0.05, 0) is 56.0 Å². The standard InChI is InChI=1S/C21H23FN2O2/c1-14-15(2)24(12-16-5-3-6-17(22)11-16)20-19(14)8-9-23-21(20)26-13-18-7-4-10-25-18/h3,5-6,8-9,11,18H,4,7,10,12-13H2,1-2H3. The van der Waals surface area contributed by atoms with Crippen LogP contribution in [0.15, 0.2) is 36.5 Å². The molecule has 4 nitrogen and oxygen atoms in total. The van der Waals surface area contributed by atoms with Gasteiger partial charge in [0.2, 0.25) is 5.88 Å². The lowest BCUT2D eigenvalue weighted by Crippen LogP contribution is -2.17. The van der Waals surface area contributed by atoms with Crippen molar-refractivity contribution < 1.29 is 13.9 Å². The largest absolute Gasteiger partial charge is 0.473 e. The third kappa shape index (κ3) is 3.19. The Morgan fingerprint density at radius 1 is 1.31 bits per heavy atom. The predicted molar refractivity (Wildman–Crippen MR) is 99.2 cm³/mol. The molecule has 0 saturated carbocycles. The minimum absolute atomic E-state index is 0.140. The Balaban J connectivity index is 1.72. The van der Waals surface area contributed by atoms with Crippen LogP contribution in [0.3, 0.4) is 0 Å². The summed E-state index contributed by atoms with van der Waals surface area (Å²) in [4.78, 5) is 4.47. The smallest absolute Gasteiger partial charge is 0.238 e. The maximum atomic E-state index is 13.6. The molecule has 26 heavy (non-hydrogen) atoms. The Hall–Kier alpha value is -2.40. The van der Waals surface area contributed by atoms with Crippen LogP contribution in [0.25, 0.3) is 10.9 Å². The summed E-state index contributed by atoms with van der Waals surface area (Å²) in [7, 11) is 0. The van der Waals surface area contributed by atoms with Crippen LogP contribution in [0.2, 0.25) is 0 Å². The van der Waals surface area contributed by atoms with Gasteiger partial charge in [0, 0.05) is 30.4 Å². The fourth-order valence-corrected chi connectivity index (χ4v) is 3.63. The van der Waals surface area contributed by atoms with E-state index in [0.29, 0.717) is 19.0 Å². The van der Waals surface area contributed by atoms with Crippen molar-refractivity contribution in [2.75, 3.05) is 13.2 Å². The van der Waals surface area contributed by atoms with E-state index in [1.165, 1.54) is 11.6 Å². The number of ether oxygens (including phenoxy) is 2. The summed E-state index contributed by atoms with van der Waals surface area (Å²) in [6.45, 7) is 6.08. The van der Waals surface area contributed by atoms with Gasteiger partial charge in [-0.3, -0.25) is 0 Å². The predicted octanol–water partition coefficient (Wildman–Crippen LogP) is 4.40. The highest BCUT2D eigenvalue weighted by atomic mass is 19.1. The minimum Gasteiger partial charge on any atom is -0.473 e. The lowest BCUT2D eigenvalue weighted by Gasteiger charge is -2.14. The van der Waals surface area contributed by atoms with Gasteiger partial charge in [-0.25, -0.2) is 9.37 Å². The first-order valence-electron chi connectivity index (χ1n) is 9.06. The molecule has 4 rings (SSSR count). The molecule has 3 aromatic rings. The molecule has 1 aliphatic heterocycles. The quantitative estimate of drug-likeness (QED) is 0.681. The molecule has 0 bridgehead atoms. The molecule has 1 saturated heterocycles. The van der Waals surface area contributed by atoms with Crippen LogP contribution in [0.5, 0.6) is 5.88 Å². The fraction of sp³-hybridized carbons (Fsp3) is 0.381. The molecular weight excluding hydrogens is 331 g/mol. The number of aromatic nitrogens is 2. The second-order valence-electron chi connectivity index (χ2n) is 6.88. The van der Waals surface area contributed by atoms with Gasteiger partial charge in [0.1, 0.15) is 17.9 Å². The van der Waals surface area contributed by atoms with Crippen LogP contribution in [-0.2, 0) is 11.3 Å². The van der Waals surface area contributed by atoms with Crippen LogP contribution in [0.4, 0.5) is 4.39 Å². The number of rotatable bonds is 5. The molecule has 0 radical (unpaired) electrons. The molecular formula is C21H23FN2O2. The molecule has 1 aliphatic rings. The van der Waals surface area contributed by atoms with E-state index in [1.807, 2.05) is 12.1 Å². The number of nitrogens with zero attached hydrogens (tertiary/aromatic N) is 2. The number of halogens is 1. The molecule has 136 valence electrons. The average molecular weight is 354 g/mol. The molecule has 2 aromatic heterocycles. The first-order chi connectivity index (χ1) is 12.6. The number of benzene rings is 1. The van der Waals surface area contributed by atoms with Gasteiger partial charge in [0.15, 0.2) is 0 Å². The number of hydrogen-bond acceptors (Lipinski definition) is 3. The van der Waals surface area contributed by atoms with E-state index in [1.54, 1.807) is 18.3 Å². The van der Waals surface area contributed by atoms with Crippen LogP contribution >= 0.6 is 0 Å². The molecule has 0 spiro atoms. The molecule has 1 atom stereocenters. The van der Waals surface area contributed by atoms with E-state index in [0.717, 1.165) is 41.6 Å². The first-order valence-corrected chi connectivity index (χ1v) is 9.06. The van der Waals surface area contributed by atoms with Crippen molar-refractivity contribution in [3.05, 3.63) is 59.2 Å². The normalized spacial score (nSPS) is 17.1. The highest BCUT2D eigenvalue weighted by Crippen LogP contribution is 2.32. The fourth-order valence-electron chi connectivity index (χ4n) is 3.63. The number of fused-ring (bicyclic) bond motifs is 1. The summed E-state index contributed by atoms with van der Waals surface area (Å²) < 4.78 is 27.5. The van der Waals surface area contributed by atoms with Gasteiger partial charge in [0.25, 0.3) is 0 Å². The zero-order valence-electron chi connectivity index (χ0n) is 15.2. The third-order valence-electron chi connectivity index (χ3n) is 5.17. The maximum Gasteiger partial charge on any atom is 0.238 e. The van der Waals surface area contributed by atoms with Gasteiger partial charge in [-0.1, -0.05) is 12.1 Å². The van der Waals surface area contributed by atoms with Crippen LogP contribution in [0, 0.1) is 19.7 Å². The Bertz CT molecular complexity index is 929. The average Bonchev–Trinajstić information content (AvgIpc) is 3.24. The van der Waals surface area contributed by atoms with Crippen LogP contribution in [-0.4, -0.2) is 28.9 Å². The molecule has 1 unspecified atom stereocenters. The van der Waals surface area contributed by atoms with Crippen molar-refractivity contribution in [3.63, 3.8) is 0 Å². The summed E-state index contributed by atoms with van der Waals surface area (Å²) in [5, 5.41) is 1.12. The van der Waals surface area contributed by atoms with Gasteiger partial charge >= 0.3 is 0 Å². The highest BCUT2D eigenvalue weighted by Gasteiger charge is 2.20. The lowest BCUT2D eigenvalue weighted by molar-refractivity contribution is 0.0668. The molecule has 0 amide bonds. The molecule has 5 heteroatoms. The van der Waals surface area contributed by atoms with Crippen molar-refractivity contribution in [3.8, 4) is 5.88 Å². The number of hydrogen-bond donors (Lipinski definition) is 0. The van der Waals surface area contributed by atoms with Gasteiger partial charge in [-0.2, -0.15) is 0 Å². The minimum atomic E-state index is -0.221. The van der Waals surface area contributed by atoms with Crippen LogP contribution < -0.4 is 4.74 Å². The third-order valence-corrected chi connectivity index (χ3v) is 5.17. The summed E-state index contributed by atoms with van der Waals surface area (Å²) >= 11 is 0. The van der Waals surface area contributed by atoms with Gasteiger partial charge in [-0.15, -0.1) is 0 Å². The van der Waals surface area contributed by atoms with Crippen molar-refractivity contribution in [1.29, 1.82) is 0 Å². The Morgan fingerprint density at radius 3 is 2.96 bits per heavy atom. The van der Waals surface area contributed by atoms with Crippen molar-refractivity contribution in [2.24, 2.45) is 0 Å². The van der Waals surface area contributed by atoms with Crippen molar-refractivity contribution in [1.82, 2.24) is 9.55 Å². The molecule has 1 aromatic carbocycles. The SMILES string of the molecule is Cc1c(C)n(Cc2cccc(F)c2)c2c(OCC3CCCO3)nccc12. The summed E-state index contributed by atoms with van der Waals surface area (Å²) in [6, 6.07) is 8.73.